The van der Waals surface area contributed by atoms with Crippen molar-refractivity contribution >= 4 is 18.0 Å². The quantitative estimate of drug-likeness (QED) is 0.603. The molecule has 2 unspecified atom stereocenters. The molecule has 1 heterocycles. The minimum Gasteiger partial charge on any atom is -0.481 e. The van der Waals surface area contributed by atoms with Crippen LogP contribution in [0.3, 0.4) is 0 Å². The Morgan fingerprint density at radius 3 is 2.34 bits per heavy atom. The molecular weight excluding hydrogens is 448 g/mol. The van der Waals surface area contributed by atoms with Gasteiger partial charge in [-0.3, -0.25) is 9.59 Å². The minimum absolute atomic E-state index is 0.00705. The standard InChI is InChI=1S/C27H30N2O6/c30-25(31)12-11-23(26(32)29-13-14-34-16-24(29)17-9-10-17)28-27(33)35-15-22-20-7-3-1-5-18(20)19-6-2-4-8-21(19)22/h1-8,17,22-24H,9-16H2,(H,28,33)(H,30,31). The van der Waals surface area contributed by atoms with Crippen molar-refractivity contribution in [3.63, 3.8) is 0 Å². The summed E-state index contributed by atoms with van der Waals surface area (Å²) in [5.41, 5.74) is 4.45. The fourth-order valence-electron chi connectivity index (χ4n) is 5.28. The number of carboxylic acid groups (broad SMARTS) is 1. The molecule has 0 bridgehead atoms. The van der Waals surface area contributed by atoms with Gasteiger partial charge in [-0.1, -0.05) is 48.5 Å². The van der Waals surface area contributed by atoms with Crippen LogP contribution in [0.2, 0.25) is 0 Å². The highest BCUT2D eigenvalue weighted by Gasteiger charge is 2.41. The Morgan fingerprint density at radius 1 is 1.06 bits per heavy atom. The zero-order valence-corrected chi connectivity index (χ0v) is 19.5. The van der Waals surface area contributed by atoms with E-state index in [-0.39, 0.29) is 37.3 Å². The van der Waals surface area contributed by atoms with Crippen molar-refractivity contribution in [2.45, 2.75) is 43.7 Å². The van der Waals surface area contributed by atoms with Gasteiger partial charge in [-0.15, -0.1) is 0 Å². The Bertz CT molecular complexity index is 1070. The molecule has 3 aliphatic rings. The number of nitrogens with zero attached hydrogens (tertiary/aromatic N) is 1. The van der Waals surface area contributed by atoms with Gasteiger partial charge in [-0.25, -0.2) is 4.79 Å². The second-order valence-corrected chi connectivity index (χ2v) is 9.47. The van der Waals surface area contributed by atoms with E-state index in [9.17, 15) is 19.5 Å². The first-order valence-electron chi connectivity index (χ1n) is 12.2. The number of fused-ring (bicyclic) bond motifs is 3. The van der Waals surface area contributed by atoms with Crippen molar-refractivity contribution in [3.8, 4) is 11.1 Å². The number of alkyl carbamates (subject to hydrolysis) is 1. The molecule has 0 spiro atoms. The van der Waals surface area contributed by atoms with Crippen LogP contribution in [0.15, 0.2) is 48.5 Å². The lowest BCUT2D eigenvalue weighted by atomic mass is 9.98. The maximum atomic E-state index is 13.4. The maximum absolute atomic E-state index is 13.4. The van der Waals surface area contributed by atoms with E-state index in [4.69, 9.17) is 9.47 Å². The van der Waals surface area contributed by atoms with Crippen LogP contribution in [0.5, 0.6) is 0 Å². The van der Waals surface area contributed by atoms with Crippen LogP contribution in [0.1, 0.15) is 42.7 Å². The van der Waals surface area contributed by atoms with Crippen molar-refractivity contribution in [1.82, 2.24) is 10.2 Å². The summed E-state index contributed by atoms with van der Waals surface area (Å²) < 4.78 is 11.2. The SMILES string of the molecule is O=C(O)CCC(NC(=O)OCC1c2ccccc2-c2ccccc21)C(=O)N1CCOCC1C1CC1. The number of morpholine rings is 1. The molecule has 8 nitrogen and oxygen atoms in total. The van der Waals surface area contributed by atoms with Gasteiger partial charge < -0.3 is 24.8 Å². The molecule has 2 aromatic rings. The second kappa shape index (κ2) is 10.1. The molecule has 1 saturated carbocycles. The van der Waals surface area contributed by atoms with Gasteiger partial charge in [0.25, 0.3) is 0 Å². The summed E-state index contributed by atoms with van der Waals surface area (Å²) >= 11 is 0. The molecule has 1 aliphatic heterocycles. The minimum atomic E-state index is -1.02. The van der Waals surface area contributed by atoms with Crippen LogP contribution >= 0.6 is 0 Å². The van der Waals surface area contributed by atoms with Gasteiger partial charge >= 0.3 is 12.1 Å². The van der Waals surface area contributed by atoms with Crippen molar-refractivity contribution in [3.05, 3.63) is 59.7 Å². The Balaban J connectivity index is 1.26. The van der Waals surface area contributed by atoms with E-state index >= 15 is 0 Å². The molecule has 2 fully saturated rings. The Morgan fingerprint density at radius 2 is 1.71 bits per heavy atom. The van der Waals surface area contributed by atoms with Gasteiger partial charge in [-0.2, -0.15) is 0 Å². The molecule has 2 atom stereocenters. The number of hydrogen-bond acceptors (Lipinski definition) is 5. The van der Waals surface area contributed by atoms with E-state index in [1.807, 2.05) is 36.4 Å². The molecule has 2 aliphatic carbocycles. The Kier molecular flexibility index (Phi) is 6.72. The summed E-state index contributed by atoms with van der Waals surface area (Å²) in [6, 6.07) is 15.1. The number of carbonyl (C=O) groups excluding carboxylic acids is 2. The van der Waals surface area contributed by atoms with Gasteiger partial charge in [0.15, 0.2) is 0 Å². The monoisotopic (exact) mass is 478 g/mol. The summed E-state index contributed by atoms with van der Waals surface area (Å²) in [4.78, 5) is 39.2. The highest BCUT2D eigenvalue weighted by molar-refractivity contribution is 5.86. The second-order valence-electron chi connectivity index (χ2n) is 9.47. The molecule has 2 aromatic carbocycles. The largest absolute Gasteiger partial charge is 0.481 e. The molecule has 8 heteroatoms. The third-order valence-electron chi connectivity index (χ3n) is 7.20. The molecule has 2 N–H and O–H groups in total. The first kappa shape index (κ1) is 23.4. The van der Waals surface area contributed by atoms with Crippen molar-refractivity contribution in [2.24, 2.45) is 5.92 Å². The third kappa shape index (κ3) is 5.03. The number of rotatable bonds is 8. The van der Waals surface area contributed by atoms with E-state index in [1.54, 1.807) is 4.90 Å². The number of carbonyl (C=O) groups is 3. The van der Waals surface area contributed by atoms with Crippen molar-refractivity contribution < 1.29 is 29.0 Å². The van der Waals surface area contributed by atoms with Crippen molar-refractivity contribution in [1.29, 1.82) is 0 Å². The summed E-state index contributed by atoms with van der Waals surface area (Å²) in [7, 11) is 0. The average Bonchev–Trinajstić information content (AvgIpc) is 3.67. The predicted octanol–water partition coefficient (Wildman–Crippen LogP) is 3.40. The van der Waals surface area contributed by atoms with Gasteiger partial charge in [0.2, 0.25) is 5.91 Å². The number of benzene rings is 2. The molecule has 2 amide bonds. The lowest BCUT2D eigenvalue weighted by Crippen LogP contribution is -2.56. The zero-order valence-electron chi connectivity index (χ0n) is 19.5. The van der Waals surface area contributed by atoms with E-state index in [0.29, 0.717) is 25.7 Å². The summed E-state index contributed by atoms with van der Waals surface area (Å²) in [6.45, 7) is 1.48. The maximum Gasteiger partial charge on any atom is 0.407 e. The van der Waals surface area contributed by atoms with Crippen LogP contribution in [-0.4, -0.2) is 66.4 Å². The van der Waals surface area contributed by atoms with Crippen LogP contribution in [0, 0.1) is 5.92 Å². The highest BCUT2D eigenvalue weighted by atomic mass is 16.5. The molecule has 35 heavy (non-hydrogen) atoms. The summed E-state index contributed by atoms with van der Waals surface area (Å²) in [5, 5.41) is 11.8. The normalized spacial score (nSPS) is 20.0. The van der Waals surface area contributed by atoms with Crippen molar-refractivity contribution in [2.75, 3.05) is 26.4 Å². The van der Waals surface area contributed by atoms with Crippen LogP contribution < -0.4 is 5.32 Å². The van der Waals surface area contributed by atoms with E-state index < -0.39 is 18.1 Å². The Labute approximate surface area is 204 Å². The van der Waals surface area contributed by atoms with Gasteiger partial charge in [0.1, 0.15) is 12.6 Å². The van der Waals surface area contributed by atoms with Gasteiger partial charge in [-0.05, 0) is 47.4 Å². The fourth-order valence-corrected chi connectivity index (χ4v) is 5.28. The number of nitrogens with one attached hydrogen (secondary N) is 1. The third-order valence-corrected chi connectivity index (χ3v) is 7.20. The predicted molar refractivity (Wildman–Crippen MR) is 128 cm³/mol. The first-order valence-corrected chi connectivity index (χ1v) is 12.2. The van der Waals surface area contributed by atoms with Crippen LogP contribution in [0.4, 0.5) is 4.79 Å². The fraction of sp³-hybridized carbons (Fsp3) is 0.444. The molecule has 0 aromatic heterocycles. The molecule has 0 radical (unpaired) electrons. The molecule has 5 rings (SSSR count). The molecule has 1 saturated heterocycles. The summed E-state index contributed by atoms with van der Waals surface area (Å²) in [6.07, 6.45) is 1.17. The lowest BCUT2D eigenvalue weighted by molar-refractivity contribution is -0.143. The van der Waals surface area contributed by atoms with E-state index in [2.05, 4.69) is 17.4 Å². The lowest BCUT2D eigenvalue weighted by Gasteiger charge is -2.38. The zero-order chi connectivity index (χ0) is 24.4. The Hall–Kier alpha value is -3.39. The first-order chi connectivity index (χ1) is 17.0. The van der Waals surface area contributed by atoms with Crippen LogP contribution in [-0.2, 0) is 19.1 Å². The van der Waals surface area contributed by atoms with Crippen LogP contribution in [0.25, 0.3) is 11.1 Å². The number of hydrogen-bond donors (Lipinski definition) is 2. The molecular formula is C27H30N2O6. The smallest absolute Gasteiger partial charge is 0.407 e. The number of carboxylic acids is 1. The number of aliphatic carboxylic acids is 1. The van der Waals surface area contributed by atoms with Gasteiger partial charge in [0, 0.05) is 18.9 Å². The highest BCUT2D eigenvalue weighted by Crippen LogP contribution is 2.44. The average molecular weight is 479 g/mol. The molecule has 184 valence electrons. The number of amides is 2. The topological polar surface area (TPSA) is 105 Å². The number of ether oxygens (including phenoxy) is 2. The van der Waals surface area contributed by atoms with Gasteiger partial charge in [0.05, 0.1) is 19.3 Å². The van der Waals surface area contributed by atoms with E-state index in [1.165, 1.54) is 0 Å². The van der Waals surface area contributed by atoms with E-state index in [0.717, 1.165) is 35.1 Å². The summed E-state index contributed by atoms with van der Waals surface area (Å²) in [5.74, 6) is -0.966.